The molecule has 246 valence electrons. The van der Waals surface area contributed by atoms with Crippen LogP contribution in [0.3, 0.4) is 0 Å². The molecular weight excluding hydrogens is 572 g/mol. The summed E-state index contributed by atoms with van der Waals surface area (Å²) in [4.78, 5) is 55.7. The van der Waals surface area contributed by atoms with Gasteiger partial charge in [-0.15, -0.1) is 0 Å². The zero-order valence-electron chi connectivity index (χ0n) is 27.7. The number of nitrogens with one attached hydrogen (secondary N) is 3. The Kier molecular flexibility index (Phi) is 13.2. The lowest BCUT2D eigenvalue weighted by molar-refractivity contribution is -0.138. The van der Waals surface area contributed by atoms with Crippen LogP contribution in [-0.4, -0.2) is 73.5 Å². The summed E-state index contributed by atoms with van der Waals surface area (Å²) in [6.45, 7) is 12.8. The molecule has 1 aliphatic heterocycles. The number of hydrogen-bond donors (Lipinski definition) is 3. The van der Waals surface area contributed by atoms with Gasteiger partial charge in [0.2, 0.25) is 17.7 Å². The molecule has 0 saturated carbocycles. The van der Waals surface area contributed by atoms with Gasteiger partial charge in [-0.2, -0.15) is 0 Å². The van der Waals surface area contributed by atoms with E-state index < -0.39 is 29.8 Å². The summed E-state index contributed by atoms with van der Waals surface area (Å²) in [5.41, 5.74) is 1.29. The molecule has 0 aromatic heterocycles. The minimum atomic E-state index is -1.20. The maximum atomic E-state index is 13.8. The van der Waals surface area contributed by atoms with E-state index in [4.69, 9.17) is 9.47 Å². The fourth-order valence-corrected chi connectivity index (χ4v) is 5.40. The van der Waals surface area contributed by atoms with Crippen LogP contribution in [0.15, 0.2) is 48.5 Å². The van der Waals surface area contributed by atoms with Gasteiger partial charge >= 0.3 is 0 Å². The molecule has 45 heavy (non-hydrogen) atoms. The van der Waals surface area contributed by atoms with Crippen LogP contribution in [-0.2, 0) is 14.4 Å². The van der Waals surface area contributed by atoms with Crippen LogP contribution in [0.25, 0.3) is 0 Å². The van der Waals surface area contributed by atoms with Gasteiger partial charge in [-0.1, -0.05) is 71.9 Å². The molecule has 0 radical (unpaired) electrons. The van der Waals surface area contributed by atoms with E-state index in [1.165, 1.54) is 0 Å². The molecule has 3 N–H and O–H groups in total. The lowest BCUT2D eigenvalue weighted by Gasteiger charge is -2.33. The van der Waals surface area contributed by atoms with Crippen molar-refractivity contribution in [2.45, 2.75) is 84.8 Å². The minimum absolute atomic E-state index is 0.123. The molecule has 10 nitrogen and oxygen atoms in total. The van der Waals surface area contributed by atoms with Crippen molar-refractivity contribution in [1.29, 1.82) is 0 Å². The van der Waals surface area contributed by atoms with Crippen LogP contribution in [0.5, 0.6) is 11.5 Å². The molecule has 3 atom stereocenters. The van der Waals surface area contributed by atoms with Crippen LogP contribution in [0, 0.1) is 11.8 Å². The summed E-state index contributed by atoms with van der Waals surface area (Å²) in [6, 6.07) is 12.2. The second kappa shape index (κ2) is 16.8. The minimum Gasteiger partial charge on any atom is -0.491 e. The van der Waals surface area contributed by atoms with Gasteiger partial charge in [0.25, 0.3) is 5.91 Å². The Morgan fingerprint density at radius 3 is 2.31 bits per heavy atom. The van der Waals surface area contributed by atoms with Crippen LogP contribution < -0.4 is 25.4 Å². The maximum Gasteiger partial charge on any atom is 0.255 e. The Morgan fingerprint density at radius 1 is 0.956 bits per heavy atom. The van der Waals surface area contributed by atoms with E-state index >= 15 is 0 Å². The predicted molar refractivity (Wildman–Crippen MR) is 174 cm³/mol. The number of likely N-dealkylation sites (N-methyl/N-ethyl adjacent to an activating group) is 1. The van der Waals surface area contributed by atoms with Crippen LogP contribution in [0.4, 0.5) is 0 Å². The molecule has 10 heteroatoms. The first-order chi connectivity index (χ1) is 21.4. The number of rotatable bonds is 10. The maximum absolute atomic E-state index is 13.8. The van der Waals surface area contributed by atoms with Gasteiger partial charge in [0, 0.05) is 7.05 Å². The fourth-order valence-electron chi connectivity index (χ4n) is 5.40. The van der Waals surface area contributed by atoms with Gasteiger partial charge in [0.05, 0.1) is 24.6 Å². The molecule has 2 aromatic rings. The molecule has 0 aliphatic carbocycles. The van der Waals surface area contributed by atoms with Gasteiger partial charge in [0.1, 0.15) is 36.8 Å². The topological polar surface area (TPSA) is 126 Å². The first-order valence-corrected chi connectivity index (χ1v) is 15.9. The molecule has 0 saturated heterocycles. The van der Waals surface area contributed by atoms with E-state index in [-0.39, 0.29) is 61.4 Å². The summed E-state index contributed by atoms with van der Waals surface area (Å²) >= 11 is 0. The number of carbonyl (C=O) groups excluding carboxylic acids is 4. The molecule has 1 heterocycles. The van der Waals surface area contributed by atoms with Crippen molar-refractivity contribution >= 4 is 23.6 Å². The summed E-state index contributed by atoms with van der Waals surface area (Å²) in [5, 5.41) is 8.37. The van der Waals surface area contributed by atoms with Crippen molar-refractivity contribution < 1.29 is 28.7 Å². The summed E-state index contributed by atoms with van der Waals surface area (Å²) < 4.78 is 12.1. The Labute approximate surface area is 267 Å². The third kappa shape index (κ3) is 10.5. The third-order valence-electron chi connectivity index (χ3n) is 7.75. The number of hydrogen-bond acceptors (Lipinski definition) is 6. The van der Waals surface area contributed by atoms with E-state index in [1.54, 1.807) is 36.2 Å². The summed E-state index contributed by atoms with van der Waals surface area (Å²) in [5.74, 6) is -0.0590. The third-order valence-corrected chi connectivity index (χ3v) is 7.75. The van der Waals surface area contributed by atoms with Crippen molar-refractivity contribution in [1.82, 2.24) is 20.9 Å². The second-order valence-corrected chi connectivity index (χ2v) is 12.9. The summed E-state index contributed by atoms with van der Waals surface area (Å²) in [7, 11) is 1.72. The zero-order valence-corrected chi connectivity index (χ0v) is 27.7. The van der Waals surface area contributed by atoms with Crippen molar-refractivity contribution in [3.8, 4) is 11.5 Å². The van der Waals surface area contributed by atoms with E-state index in [1.807, 2.05) is 38.1 Å². The number of benzene rings is 2. The number of para-hydroxylation sites is 2. The Bertz CT molecular complexity index is 1310. The Morgan fingerprint density at radius 2 is 1.62 bits per heavy atom. The SMILES string of the molecule is CC(C)C[C@H]1COc2ccccc2C(=O)N[C@H](C(=O)NCCOc2ccccc2C(C)C)CC(=O)N[C@@H](CC(C)C)C(=O)N1C. The monoisotopic (exact) mass is 622 g/mol. The molecule has 0 fully saturated rings. The van der Waals surface area contributed by atoms with Crippen molar-refractivity contribution in [2.24, 2.45) is 11.8 Å². The average Bonchev–Trinajstić information content (AvgIpc) is 2.99. The van der Waals surface area contributed by atoms with E-state index in [0.29, 0.717) is 18.6 Å². The first kappa shape index (κ1) is 35.4. The highest BCUT2D eigenvalue weighted by Crippen LogP contribution is 2.26. The van der Waals surface area contributed by atoms with Gasteiger partial charge in [-0.25, -0.2) is 0 Å². The van der Waals surface area contributed by atoms with Gasteiger partial charge in [-0.3, -0.25) is 19.2 Å². The quantitative estimate of drug-likeness (QED) is 0.340. The number of nitrogens with zero attached hydrogens (tertiary/aromatic N) is 1. The normalized spacial score (nSPS) is 19.8. The molecule has 4 amide bonds. The highest BCUT2D eigenvalue weighted by Gasteiger charge is 2.33. The van der Waals surface area contributed by atoms with Crippen LogP contribution in [0.1, 0.15) is 82.6 Å². The number of amides is 4. The standard InChI is InChI=1S/C35H50N4O6/c1-22(2)18-25-21-45-31-15-11-9-13-27(31)33(41)38-28(20-32(40)37-29(19-23(3)4)35(43)39(25)7)34(42)36-16-17-44-30-14-10-8-12-26(30)24(5)6/h8-15,22-25,28-29H,16-21H2,1-7H3,(H,36,42)(H,37,40)(H,38,41)/t25-,28-,29-/m0/s1. The Balaban J connectivity index is 1.84. The highest BCUT2D eigenvalue weighted by molar-refractivity contribution is 6.01. The van der Waals surface area contributed by atoms with Gasteiger partial charge < -0.3 is 30.3 Å². The lowest BCUT2D eigenvalue weighted by Crippen LogP contribution is -2.55. The fraction of sp³-hybridized carbons (Fsp3) is 0.543. The molecule has 1 aliphatic rings. The van der Waals surface area contributed by atoms with Crippen molar-refractivity contribution in [2.75, 3.05) is 26.8 Å². The van der Waals surface area contributed by atoms with E-state index in [9.17, 15) is 19.2 Å². The largest absolute Gasteiger partial charge is 0.491 e. The first-order valence-electron chi connectivity index (χ1n) is 15.9. The highest BCUT2D eigenvalue weighted by atomic mass is 16.5. The lowest BCUT2D eigenvalue weighted by atomic mass is 9.99. The van der Waals surface area contributed by atoms with Crippen LogP contribution >= 0.6 is 0 Å². The zero-order chi connectivity index (χ0) is 33.1. The number of carbonyl (C=O) groups is 4. The van der Waals surface area contributed by atoms with Crippen LogP contribution in [0.2, 0.25) is 0 Å². The van der Waals surface area contributed by atoms with Gasteiger partial charge in [-0.05, 0) is 54.4 Å². The number of fused-ring (bicyclic) bond motifs is 1. The average molecular weight is 623 g/mol. The number of ether oxygens (including phenoxy) is 2. The van der Waals surface area contributed by atoms with Crippen molar-refractivity contribution in [3.63, 3.8) is 0 Å². The molecule has 0 spiro atoms. The van der Waals surface area contributed by atoms with Gasteiger partial charge in [0.15, 0.2) is 0 Å². The second-order valence-electron chi connectivity index (χ2n) is 12.9. The smallest absolute Gasteiger partial charge is 0.255 e. The van der Waals surface area contributed by atoms with E-state index in [0.717, 1.165) is 11.3 Å². The molecule has 3 rings (SSSR count). The molecular formula is C35H50N4O6. The molecule has 0 bridgehead atoms. The predicted octanol–water partition coefficient (Wildman–Crippen LogP) is 4.29. The van der Waals surface area contributed by atoms with Crippen molar-refractivity contribution in [3.05, 3.63) is 59.7 Å². The van der Waals surface area contributed by atoms with E-state index in [2.05, 4.69) is 43.6 Å². The molecule has 0 unspecified atom stereocenters. The molecule has 2 aromatic carbocycles. The summed E-state index contributed by atoms with van der Waals surface area (Å²) in [6.07, 6.45) is 0.748. The Hall–Kier alpha value is -4.08.